The maximum Gasteiger partial charge on any atom is 0.491 e. The molecule has 0 aliphatic carbocycles. The highest BCUT2D eigenvalue weighted by Crippen LogP contribution is 2.35. The molecule has 2 aromatic rings. The van der Waals surface area contributed by atoms with Crippen molar-refractivity contribution in [3.05, 3.63) is 57.9 Å². The summed E-state index contributed by atoms with van der Waals surface area (Å²) in [5.74, 6) is -2.76. The van der Waals surface area contributed by atoms with Crippen molar-refractivity contribution in [3.63, 3.8) is 0 Å². The molecular formula is C15H9BClF4NO3. The summed E-state index contributed by atoms with van der Waals surface area (Å²) in [7, 11) is -1.19. The Labute approximate surface area is 144 Å². The summed E-state index contributed by atoms with van der Waals surface area (Å²) in [4.78, 5) is 12.2. The summed E-state index contributed by atoms with van der Waals surface area (Å²) in [5, 5.41) is 11.2. The van der Waals surface area contributed by atoms with Gasteiger partial charge in [-0.25, -0.2) is 4.39 Å². The van der Waals surface area contributed by atoms with E-state index in [1.165, 1.54) is 12.1 Å². The average molecular weight is 373 g/mol. The van der Waals surface area contributed by atoms with Crippen LogP contribution in [-0.4, -0.2) is 18.0 Å². The molecule has 1 aliphatic heterocycles. The average Bonchev–Trinajstić information content (AvgIpc) is 2.89. The largest absolute Gasteiger partial charge is 0.491 e. The summed E-state index contributed by atoms with van der Waals surface area (Å²) in [6.45, 7) is 0.172. The van der Waals surface area contributed by atoms with Gasteiger partial charge in [-0.05, 0) is 35.3 Å². The van der Waals surface area contributed by atoms with Gasteiger partial charge in [-0.15, -0.1) is 0 Å². The number of nitrogens with one attached hydrogen (secondary N) is 1. The van der Waals surface area contributed by atoms with Crippen molar-refractivity contribution >= 4 is 35.8 Å². The third-order valence-corrected chi connectivity index (χ3v) is 3.99. The Morgan fingerprint density at radius 2 is 2.00 bits per heavy atom. The Balaban J connectivity index is 1.97. The molecule has 0 unspecified atom stereocenters. The Morgan fingerprint density at radius 3 is 2.68 bits per heavy atom. The van der Waals surface area contributed by atoms with Crippen LogP contribution in [-0.2, 0) is 17.4 Å². The molecule has 0 aromatic heterocycles. The van der Waals surface area contributed by atoms with E-state index in [-0.39, 0.29) is 12.3 Å². The SMILES string of the molecule is O=C(Nc1ccc2c(c1)B(O)OC2)c1c(C(F)(F)F)ccc(Cl)c1F. The van der Waals surface area contributed by atoms with Crippen LogP contribution in [0.1, 0.15) is 21.5 Å². The molecule has 1 amide bonds. The molecule has 0 atom stereocenters. The van der Waals surface area contributed by atoms with Crippen LogP contribution >= 0.6 is 11.6 Å². The number of rotatable bonds is 2. The number of fused-ring (bicyclic) bond motifs is 1. The van der Waals surface area contributed by atoms with Gasteiger partial charge in [-0.1, -0.05) is 17.7 Å². The number of carbonyl (C=O) groups is 1. The zero-order valence-electron chi connectivity index (χ0n) is 12.3. The second-order valence-corrected chi connectivity index (χ2v) is 5.72. The summed E-state index contributed by atoms with van der Waals surface area (Å²) in [5.41, 5.74) is -1.50. The van der Waals surface area contributed by atoms with Crippen LogP contribution in [0.25, 0.3) is 0 Å². The summed E-state index contributed by atoms with van der Waals surface area (Å²) in [6.07, 6.45) is -4.93. The third kappa shape index (κ3) is 3.35. The second kappa shape index (κ2) is 6.32. The highest BCUT2D eigenvalue weighted by Gasteiger charge is 2.38. The van der Waals surface area contributed by atoms with Crippen LogP contribution in [0.15, 0.2) is 30.3 Å². The Hall–Kier alpha value is -2.10. The van der Waals surface area contributed by atoms with Crippen LogP contribution in [0.4, 0.5) is 23.2 Å². The molecule has 2 N–H and O–H groups in total. The molecule has 0 spiro atoms. The highest BCUT2D eigenvalue weighted by molar-refractivity contribution is 6.61. The predicted molar refractivity (Wildman–Crippen MR) is 83.2 cm³/mol. The molecule has 0 saturated heterocycles. The topological polar surface area (TPSA) is 58.6 Å². The van der Waals surface area contributed by atoms with E-state index >= 15 is 0 Å². The van der Waals surface area contributed by atoms with E-state index < -0.39 is 41.2 Å². The molecule has 4 nitrogen and oxygen atoms in total. The van der Waals surface area contributed by atoms with E-state index in [0.29, 0.717) is 17.1 Å². The van der Waals surface area contributed by atoms with Gasteiger partial charge in [0.2, 0.25) is 0 Å². The van der Waals surface area contributed by atoms with Crippen molar-refractivity contribution in [1.82, 2.24) is 0 Å². The fourth-order valence-corrected chi connectivity index (χ4v) is 2.65. The minimum Gasteiger partial charge on any atom is -0.423 e. The van der Waals surface area contributed by atoms with Crippen LogP contribution in [0.3, 0.4) is 0 Å². The molecule has 130 valence electrons. The number of hydrogen-bond donors (Lipinski definition) is 2. The number of anilines is 1. The maximum absolute atomic E-state index is 14.1. The van der Waals surface area contributed by atoms with Gasteiger partial charge < -0.3 is 15.0 Å². The number of hydrogen-bond acceptors (Lipinski definition) is 3. The van der Waals surface area contributed by atoms with Gasteiger partial charge in [-0.2, -0.15) is 13.2 Å². The normalized spacial score (nSPS) is 13.8. The maximum atomic E-state index is 14.1. The van der Waals surface area contributed by atoms with Gasteiger partial charge in [0.1, 0.15) is 0 Å². The van der Waals surface area contributed by atoms with Crippen molar-refractivity contribution in [2.24, 2.45) is 0 Å². The molecule has 25 heavy (non-hydrogen) atoms. The van der Waals surface area contributed by atoms with Crippen LogP contribution in [0.2, 0.25) is 5.02 Å². The molecule has 1 aliphatic rings. The van der Waals surface area contributed by atoms with Crippen LogP contribution in [0.5, 0.6) is 0 Å². The molecule has 0 fully saturated rings. The highest BCUT2D eigenvalue weighted by atomic mass is 35.5. The first-order valence-electron chi connectivity index (χ1n) is 6.97. The molecule has 3 rings (SSSR count). The second-order valence-electron chi connectivity index (χ2n) is 5.31. The number of amides is 1. The van der Waals surface area contributed by atoms with Gasteiger partial charge >= 0.3 is 13.3 Å². The fourth-order valence-electron chi connectivity index (χ4n) is 2.49. The van der Waals surface area contributed by atoms with Crippen molar-refractivity contribution in [2.75, 3.05) is 5.32 Å². The molecule has 0 radical (unpaired) electrons. The minimum atomic E-state index is -4.93. The first kappa shape index (κ1) is 17.7. The van der Waals surface area contributed by atoms with Gasteiger partial charge in [0.25, 0.3) is 5.91 Å². The summed E-state index contributed by atoms with van der Waals surface area (Å²) >= 11 is 5.51. The van der Waals surface area contributed by atoms with Gasteiger partial charge in [0, 0.05) is 5.69 Å². The van der Waals surface area contributed by atoms with Gasteiger partial charge in [0.05, 0.1) is 22.8 Å². The zero-order chi connectivity index (χ0) is 18.4. The number of halogens is 5. The Morgan fingerprint density at radius 1 is 1.28 bits per heavy atom. The van der Waals surface area contributed by atoms with Gasteiger partial charge in [-0.3, -0.25) is 4.79 Å². The lowest BCUT2D eigenvalue weighted by Crippen LogP contribution is -2.28. The summed E-state index contributed by atoms with van der Waals surface area (Å²) < 4.78 is 58.2. The standard InChI is InChI=1S/C15H9BClF4NO3/c17-11-4-3-9(15(19,20)21)12(13(11)18)14(23)22-8-2-1-7-6-25-16(24)10(7)5-8/h1-5,24H,6H2,(H,22,23). The van der Waals surface area contributed by atoms with E-state index in [2.05, 4.69) is 5.32 Å². The zero-order valence-corrected chi connectivity index (χ0v) is 13.1. The van der Waals surface area contributed by atoms with Crippen molar-refractivity contribution < 1.29 is 32.0 Å². The molecule has 0 saturated carbocycles. The quantitative estimate of drug-likeness (QED) is 0.629. The molecule has 10 heteroatoms. The van der Waals surface area contributed by atoms with E-state index in [9.17, 15) is 27.4 Å². The molecule has 2 aromatic carbocycles. The Kier molecular flexibility index (Phi) is 4.48. The monoisotopic (exact) mass is 373 g/mol. The van der Waals surface area contributed by atoms with E-state index in [1.54, 1.807) is 6.07 Å². The van der Waals surface area contributed by atoms with Crippen LogP contribution in [0, 0.1) is 5.82 Å². The van der Waals surface area contributed by atoms with Crippen molar-refractivity contribution in [1.29, 1.82) is 0 Å². The lowest BCUT2D eigenvalue weighted by Gasteiger charge is -2.15. The molecule has 1 heterocycles. The van der Waals surface area contributed by atoms with E-state index in [4.69, 9.17) is 16.3 Å². The molecule has 0 bridgehead atoms. The lowest BCUT2D eigenvalue weighted by atomic mass is 9.79. The number of benzene rings is 2. The number of carbonyl (C=O) groups excluding carboxylic acids is 1. The van der Waals surface area contributed by atoms with Crippen LogP contribution < -0.4 is 10.8 Å². The lowest BCUT2D eigenvalue weighted by molar-refractivity contribution is -0.138. The van der Waals surface area contributed by atoms with Crippen molar-refractivity contribution in [3.8, 4) is 0 Å². The van der Waals surface area contributed by atoms with E-state index in [1.807, 2.05) is 0 Å². The minimum absolute atomic E-state index is 0.0841. The Bertz CT molecular complexity index is 859. The predicted octanol–water partition coefficient (Wildman–Crippen LogP) is 2.97. The fraction of sp³-hybridized carbons (Fsp3) is 0.133. The number of alkyl halides is 3. The smallest absolute Gasteiger partial charge is 0.423 e. The molecular weight excluding hydrogens is 364 g/mol. The van der Waals surface area contributed by atoms with E-state index in [0.717, 1.165) is 6.07 Å². The third-order valence-electron chi connectivity index (χ3n) is 3.69. The first-order chi connectivity index (χ1) is 11.7. The van der Waals surface area contributed by atoms with Gasteiger partial charge in [0.15, 0.2) is 5.82 Å². The first-order valence-corrected chi connectivity index (χ1v) is 7.35. The summed E-state index contributed by atoms with van der Waals surface area (Å²) in [6, 6.07) is 5.58. The van der Waals surface area contributed by atoms with Crippen molar-refractivity contribution in [2.45, 2.75) is 12.8 Å².